The van der Waals surface area contributed by atoms with E-state index in [2.05, 4.69) is 5.32 Å². The number of piperazine rings is 1. The molecule has 4 saturated carbocycles. The summed E-state index contributed by atoms with van der Waals surface area (Å²) in [6.45, 7) is 1.32. The number of benzene rings is 1. The third-order valence-corrected chi connectivity index (χ3v) is 9.95. The van der Waals surface area contributed by atoms with Gasteiger partial charge < -0.3 is 10.2 Å². The van der Waals surface area contributed by atoms with E-state index in [0.717, 1.165) is 24.8 Å². The molecule has 1 aromatic rings. The van der Waals surface area contributed by atoms with E-state index >= 15 is 0 Å². The Bertz CT molecular complexity index is 935. The van der Waals surface area contributed by atoms with Crippen LogP contribution in [0.5, 0.6) is 0 Å². The van der Waals surface area contributed by atoms with E-state index in [1.807, 2.05) is 30.3 Å². The van der Waals surface area contributed by atoms with Crippen LogP contribution in [-0.4, -0.2) is 62.2 Å². The van der Waals surface area contributed by atoms with Crippen LogP contribution >= 0.6 is 0 Å². The summed E-state index contributed by atoms with van der Waals surface area (Å²) >= 11 is 0. The summed E-state index contributed by atoms with van der Waals surface area (Å²) in [5, 5.41) is 2.95. The average molecular weight is 460 g/mol. The molecule has 0 atom stereocenters. The lowest BCUT2D eigenvalue weighted by atomic mass is 9.49. The Morgan fingerprint density at radius 2 is 1.47 bits per heavy atom. The molecule has 5 fully saturated rings. The van der Waals surface area contributed by atoms with Crippen molar-refractivity contribution in [2.24, 2.45) is 23.2 Å². The molecule has 7 nitrogen and oxygen atoms in total. The zero-order chi connectivity index (χ0) is 22.3. The molecule has 0 spiro atoms. The van der Waals surface area contributed by atoms with Gasteiger partial charge in [0.15, 0.2) is 0 Å². The van der Waals surface area contributed by atoms with Crippen LogP contribution in [0.25, 0.3) is 0 Å². The van der Waals surface area contributed by atoms with Crippen LogP contribution < -0.4 is 5.32 Å². The number of nitrogens with zero attached hydrogens (tertiary/aromatic N) is 2. The van der Waals surface area contributed by atoms with Gasteiger partial charge in [-0.25, -0.2) is 8.42 Å². The number of hydrogen-bond donors (Lipinski definition) is 1. The highest BCUT2D eigenvalue weighted by molar-refractivity contribution is 7.88. The second kappa shape index (κ2) is 8.45. The Labute approximate surface area is 190 Å². The molecule has 5 aliphatic rings. The normalized spacial score (nSPS) is 32.1. The molecule has 1 aliphatic heterocycles. The maximum atomic E-state index is 13.1. The van der Waals surface area contributed by atoms with Crippen molar-refractivity contribution >= 4 is 21.8 Å². The Balaban J connectivity index is 1.11. The maximum absolute atomic E-state index is 13.1. The van der Waals surface area contributed by atoms with Crippen LogP contribution in [0, 0.1) is 23.2 Å². The van der Waals surface area contributed by atoms with Crippen molar-refractivity contribution in [3.8, 4) is 0 Å². The van der Waals surface area contributed by atoms with Gasteiger partial charge in [0.25, 0.3) is 0 Å². The Morgan fingerprint density at radius 1 is 0.906 bits per heavy atom. The molecule has 8 heteroatoms. The molecule has 0 aromatic heterocycles. The van der Waals surface area contributed by atoms with Crippen molar-refractivity contribution in [3.05, 3.63) is 35.9 Å². The van der Waals surface area contributed by atoms with Crippen molar-refractivity contribution in [3.63, 3.8) is 0 Å². The van der Waals surface area contributed by atoms with Gasteiger partial charge in [-0.1, -0.05) is 30.3 Å². The van der Waals surface area contributed by atoms with Crippen molar-refractivity contribution < 1.29 is 18.0 Å². The molecule has 0 unspecified atom stereocenters. The predicted octanol–water partition coefficient (Wildman–Crippen LogP) is 1.99. The fourth-order valence-corrected chi connectivity index (χ4v) is 8.45. The molecule has 1 saturated heterocycles. The van der Waals surface area contributed by atoms with Crippen molar-refractivity contribution in [1.29, 1.82) is 0 Å². The maximum Gasteiger partial charge on any atom is 0.242 e. The first-order valence-corrected chi connectivity index (χ1v) is 13.5. The standard InChI is InChI=1S/C24H33N3O4S/c28-22(16-25-23(29)24-13-19-10-20(14-24)12-21(11-19)15-24)26-6-8-27(9-7-26)32(30,31)17-18-4-2-1-3-5-18/h1-5,19-21H,6-17H2,(H,25,29). The van der Waals surface area contributed by atoms with Gasteiger partial charge in [-0.2, -0.15) is 4.31 Å². The summed E-state index contributed by atoms with van der Waals surface area (Å²) in [6.07, 6.45) is 6.79. The first-order valence-electron chi connectivity index (χ1n) is 11.9. The summed E-state index contributed by atoms with van der Waals surface area (Å²) in [5.74, 6) is 1.98. The fraction of sp³-hybridized carbons (Fsp3) is 0.667. The van der Waals surface area contributed by atoms with Crippen LogP contribution in [0.3, 0.4) is 0 Å². The highest BCUT2D eigenvalue weighted by Crippen LogP contribution is 2.60. The highest BCUT2D eigenvalue weighted by atomic mass is 32.2. The number of carbonyl (C=O) groups excluding carboxylic acids is 2. The Hall–Kier alpha value is -1.93. The number of sulfonamides is 1. The third kappa shape index (κ3) is 4.31. The van der Waals surface area contributed by atoms with Crippen LogP contribution in [-0.2, 0) is 25.4 Å². The number of hydrogen-bond acceptors (Lipinski definition) is 4. The smallest absolute Gasteiger partial charge is 0.242 e. The van der Waals surface area contributed by atoms with Gasteiger partial charge >= 0.3 is 0 Å². The van der Waals surface area contributed by atoms with E-state index in [4.69, 9.17) is 0 Å². The average Bonchev–Trinajstić information content (AvgIpc) is 2.77. The van der Waals surface area contributed by atoms with Crippen LogP contribution in [0.2, 0.25) is 0 Å². The number of nitrogens with one attached hydrogen (secondary N) is 1. The first-order chi connectivity index (χ1) is 15.3. The zero-order valence-corrected chi connectivity index (χ0v) is 19.4. The van der Waals surface area contributed by atoms with E-state index in [0.29, 0.717) is 43.9 Å². The van der Waals surface area contributed by atoms with E-state index in [1.54, 1.807) is 4.90 Å². The van der Waals surface area contributed by atoms with E-state index in [1.165, 1.54) is 23.6 Å². The van der Waals surface area contributed by atoms with Crippen molar-refractivity contribution in [1.82, 2.24) is 14.5 Å². The second-order valence-corrected chi connectivity index (χ2v) is 12.4. The molecule has 4 bridgehead atoms. The van der Waals surface area contributed by atoms with Gasteiger partial charge in [-0.3, -0.25) is 9.59 Å². The molecular weight excluding hydrogens is 426 g/mol. The second-order valence-electron chi connectivity index (χ2n) is 10.4. The van der Waals surface area contributed by atoms with E-state index in [-0.39, 0.29) is 29.5 Å². The molecule has 32 heavy (non-hydrogen) atoms. The Kier molecular flexibility index (Phi) is 5.78. The topological polar surface area (TPSA) is 86.8 Å². The molecule has 2 amide bonds. The molecule has 1 aromatic carbocycles. The molecule has 1 heterocycles. The summed E-state index contributed by atoms with van der Waals surface area (Å²) < 4.78 is 26.9. The third-order valence-electron chi connectivity index (χ3n) is 8.10. The van der Waals surface area contributed by atoms with Gasteiger partial charge in [0.2, 0.25) is 21.8 Å². The minimum absolute atomic E-state index is 0.0113. The van der Waals surface area contributed by atoms with Gasteiger partial charge in [-0.15, -0.1) is 0 Å². The summed E-state index contributed by atoms with van der Waals surface area (Å²) in [5.41, 5.74) is 0.512. The minimum atomic E-state index is -3.41. The Morgan fingerprint density at radius 3 is 2.03 bits per heavy atom. The first kappa shape index (κ1) is 21.9. The predicted molar refractivity (Wildman–Crippen MR) is 121 cm³/mol. The quantitative estimate of drug-likeness (QED) is 0.705. The largest absolute Gasteiger partial charge is 0.347 e. The monoisotopic (exact) mass is 459 g/mol. The SMILES string of the molecule is O=C(CNC(=O)C12CC3CC(CC(C3)C1)C2)N1CCN(S(=O)(=O)Cc2ccccc2)CC1. The molecule has 4 aliphatic carbocycles. The van der Waals surface area contributed by atoms with Crippen LogP contribution in [0.4, 0.5) is 0 Å². The number of carbonyl (C=O) groups is 2. The molecular formula is C24H33N3O4S. The van der Waals surface area contributed by atoms with Gasteiger partial charge in [0.1, 0.15) is 0 Å². The molecule has 1 N–H and O–H groups in total. The van der Waals surface area contributed by atoms with Gasteiger partial charge in [-0.05, 0) is 61.8 Å². The van der Waals surface area contributed by atoms with Crippen LogP contribution in [0.1, 0.15) is 44.1 Å². The van der Waals surface area contributed by atoms with Gasteiger partial charge in [0, 0.05) is 31.6 Å². The van der Waals surface area contributed by atoms with Crippen LogP contribution in [0.15, 0.2) is 30.3 Å². The van der Waals surface area contributed by atoms with Gasteiger partial charge in [0.05, 0.1) is 12.3 Å². The highest BCUT2D eigenvalue weighted by Gasteiger charge is 2.54. The summed E-state index contributed by atoms with van der Waals surface area (Å²) in [7, 11) is -3.41. The lowest BCUT2D eigenvalue weighted by Gasteiger charge is -2.55. The zero-order valence-electron chi connectivity index (χ0n) is 18.5. The minimum Gasteiger partial charge on any atom is -0.347 e. The van der Waals surface area contributed by atoms with E-state index < -0.39 is 10.0 Å². The molecule has 174 valence electrons. The lowest BCUT2D eigenvalue weighted by molar-refractivity contribution is -0.148. The summed E-state index contributed by atoms with van der Waals surface area (Å²) in [4.78, 5) is 27.5. The van der Waals surface area contributed by atoms with Crippen molar-refractivity contribution in [2.75, 3.05) is 32.7 Å². The number of rotatable bonds is 6. The molecule has 6 rings (SSSR count). The fourth-order valence-electron chi connectivity index (χ4n) is 6.94. The lowest BCUT2D eigenvalue weighted by Crippen LogP contribution is -2.56. The van der Waals surface area contributed by atoms with Crippen molar-refractivity contribution in [2.45, 2.75) is 44.3 Å². The molecule has 0 radical (unpaired) electrons. The number of amides is 2. The van der Waals surface area contributed by atoms with E-state index in [9.17, 15) is 18.0 Å². The summed E-state index contributed by atoms with van der Waals surface area (Å²) in [6, 6.07) is 9.15.